The lowest BCUT2D eigenvalue weighted by Crippen LogP contribution is -2.34. The molecule has 0 unspecified atom stereocenters. The topological polar surface area (TPSA) is 64.1 Å². The molecule has 5 heteroatoms. The summed E-state index contributed by atoms with van der Waals surface area (Å²) in [7, 11) is 0. The molecule has 0 radical (unpaired) electrons. The van der Waals surface area contributed by atoms with Crippen LogP contribution in [0.5, 0.6) is 0 Å². The summed E-state index contributed by atoms with van der Waals surface area (Å²) >= 11 is 4.24. The van der Waals surface area contributed by atoms with Gasteiger partial charge < -0.3 is 11.2 Å². The van der Waals surface area contributed by atoms with E-state index in [9.17, 15) is 0 Å². The predicted molar refractivity (Wildman–Crippen MR) is 31.4 cm³/mol. The minimum atomic E-state index is 0. The van der Waals surface area contributed by atoms with E-state index in [2.05, 4.69) is 18.1 Å². The Kier molecular flexibility index (Phi) is 7.69. The number of nitrogens with one attached hydrogen (secondary N) is 1. The van der Waals surface area contributed by atoms with E-state index in [1.54, 1.807) is 0 Å². The van der Waals surface area contributed by atoms with Gasteiger partial charge in [-0.1, -0.05) is 0 Å². The van der Waals surface area contributed by atoms with Crippen LogP contribution in [-0.2, 0) is 0 Å². The minimum Gasteiger partial charge on any atom is -0.375 e. The molecule has 0 aliphatic heterocycles. The quantitative estimate of drug-likeness (QED) is 0.225. The second kappa shape index (κ2) is 4.94. The van der Waals surface area contributed by atoms with Gasteiger partial charge in [0.25, 0.3) is 0 Å². The van der Waals surface area contributed by atoms with Crippen molar-refractivity contribution in [1.82, 2.24) is 5.43 Å². The van der Waals surface area contributed by atoms with Gasteiger partial charge in [0.15, 0.2) is 5.11 Å². The largest absolute Gasteiger partial charge is 0.375 e. The Morgan fingerprint density at radius 2 is 1.83 bits per heavy atom. The molecule has 38 valence electrons. The molecule has 0 bridgehead atoms. The zero-order chi connectivity index (χ0) is 4.28. The number of hydrazine groups is 1. The number of thiocarbonyl (C=S) groups is 1. The van der Waals surface area contributed by atoms with Gasteiger partial charge in [-0.15, -0.1) is 12.4 Å². The van der Waals surface area contributed by atoms with Crippen molar-refractivity contribution in [2.45, 2.75) is 0 Å². The molecule has 0 aromatic heterocycles. The molecule has 0 atom stereocenters. The maximum atomic E-state index is 4.79. The van der Waals surface area contributed by atoms with Gasteiger partial charge in [-0.2, -0.15) is 0 Å². The Hall–Kier alpha value is -0.0600. The minimum absolute atomic E-state index is 0. The summed E-state index contributed by atoms with van der Waals surface area (Å²) in [6.07, 6.45) is 0. The average Bonchev–Trinajstić information content (AvgIpc) is 1.38. The maximum Gasteiger partial charge on any atom is 0.177 e. The van der Waals surface area contributed by atoms with Gasteiger partial charge in [0, 0.05) is 0 Å². The van der Waals surface area contributed by atoms with E-state index < -0.39 is 0 Å². The highest BCUT2D eigenvalue weighted by Crippen LogP contribution is 1.40. The summed E-state index contributed by atoms with van der Waals surface area (Å²) in [5.74, 6) is 4.66. The lowest BCUT2D eigenvalue weighted by molar-refractivity contribution is 1.03. The summed E-state index contributed by atoms with van der Waals surface area (Å²) in [6, 6.07) is 0. The van der Waals surface area contributed by atoms with Gasteiger partial charge in [-0.05, 0) is 12.2 Å². The van der Waals surface area contributed by atoms with E-state index in [0.717, 1.165) is 0 Å². The van der Waals surface area contributed by atoms with E-state index in [4.69, 9.17) is 5.73 Å². The van der Waals surface area contributed by atoms with E-state index >= 15 is 0 Å². The lowest BCUT2D eigenvalue weighted by Gasteiger charge is -1.85. The first kappa shape index (κ1) is 9.34. The molecule has 6 heavy (non-hydrogen) atoms. The first-order chi connectivity index (χ1) is 2.27. The van der Waals surface area contributed by atoms with Gasteiger partial charge >= 0.3 is 0 Å². The van der Waals surface area contributed by atoms with Crippen LogP contribution in [0.2, 0.25) is 0 Å². The maximum absolute atomic E-state index is 4.79. The third-order valence-electron chi connectivity index (χ3n) is 0.142. The fourth-order valence-corrected chi connectivity index (χ4v) is 0. The summed E-state index contributed by atoms with van der Waals surface area (Å²) in [5, 5.41) is 0.116. The molecule has 5 N–H and O–H groups in total. The Morgan fingerprint density at radius 3 is 1.83 bits per heavy atom. The smallest absolute Gasteiger partial charge is 0.177 e. The standard InChI is InChI=1S/CH5N3S.ClH/c2-1(5)4-3;/h3H2,(H3,2,4,5);1H. The Morgan fingerprint density at radius 1 is 1.67 bits per heavy atom. The van der Waals surface area contributed by atoms with Crippen molar-refractivity contribution in [3.05, 3.63) is 0 Å². The van der Waals surface area contributed by atoms with Crippen LogP contribution < -0.4 is 17.0 Å². The molecular formula is CH6ClN3S. The monoisotopic (exact) mass is 127 g/mol. The van der Waals surface area contributed by atoms with Crippen molar-refractivity contribution in [2.75, 3.05) is 0 Å². The molecule has 0 rings (SSSR count). The van der Waals surface area contributed by atoms with Crippen LogP contribution in [0.15, 0.2) is 0 Å². The summed E-state index contributed by atoms with van der Waals surface area (Å²) < 4.78 is 0. The fraction of sp³-hybridized carbons (Fsp3) is 0. The predicted octanol–water partition coefficient (Wildman–Crippen LogP) is -0.885. The first-order valence-electron chi connectivity index (χ1n) is 1.03. The fourth-order valence-electron chi connectivity index (χ4n) is 0. The van der Waals surface area contributed by atoms with E-state index in [1.165, 1.54) is 0 Å². The highest BCUT2D eigenvalue weighted by Gasteiger charge is 1.66. The molecule has 0 saturated carbocycles. The van der Waals surface area contributed by atoms with E-state index in [0.29, 0.717) is 0 Å². The van der Waals surface area contributed by atoms with Gasteiger partial charge in [-0.25, -0.2) is 5.84 Å². The van der Waals surface area contributed by atoms with Crippen molar-refractivity contribution < 1.29 is 0 Å². The second-order valence-electron chi connectivity index (χ2n) is 0.509. The van der Waals surface area contributed by atoms with Crippen LogP contribution in [0, 0.1) is 0 Å². The van der Waals surface area contributed by atoms with E-state index in [1.807, 2.05) is 5.43 Å². The summed E-state index contributed by atoms with van der Waals surface area (Å²) in [4.78, 5) is 0. The third-order valence-corrected chi connectivity index (χ3v) is 0.260. The number of rotatable bonds is 0. The average molecular weight is 128 g/mol. The molecule has 0 aromatic carbocycles. The normalized spacial score (nSPS) is 5.50. The highest BCUT2D eigenvalue weighted by atomic mass is 35.5. The Bertz CT molecular complexity index is 46.1. The summed E-state index contributed by atoms with van der Waals surface area (Å²) in [6.45, 7) is 0. The van der Waals surface area contributed by atoms with Gasteiger partial charge in [0.05, 0.1) is 0 Å². The van der Waals surface area contributed by atoms with Crippen LogP contribution in [0.25, 0.3) is 0 Å². The van der Waals surface area contributed by atoms with Crippen molar-refractivity contribution in [1.29, 1.82) is 0 Å². The van der Waals surface area contributed by atoms with Crippen LogP contribution in [0.3, 0.4) is 0 Å². The molecule has 0 aliphatic rings. The highest BCUT2D eigenvalue weighted by molar-refractivity contribution is 7.80. The third kappa shape index (κ3) is 9.05. The van der Waals surface area contributed by atoms with Gasteiger partial charge in [-0.3, -0.25) is 0 Å². The first-order valence-corrected chi connectivity index (χ1v) is 1.44. The van der Waals surface area contributed by atoms with Crippen LogP contribution in [0.1, 0.15) is 0 Å². The zero-order valence-corrected chi connectivity index (χ0v) is 4.60. The van der Waals surface area contributed by atoms with Crippen molar-refractivity contribution in [2.24, 2.45) is 11.6 Å². The van der Waals surface area contributed by atoms with Gasteiger partial charge in [0.2, 0.25) is 0 Å². The van der Waals surface area contributed by atoms with Gasteiger partial charge in [0.1, 0.15) is 0 Å². The van der Waals surface area contributed by atoms with E-state index in [-0.39, 0.29) is 17.5 Å². The zero-order valence-electron chi connectivity index (χ0n) is 2.97. The molecule has 0 saturated heterocycles. The molecule has 0 fully saturated rings. The van der Waals surface area contributed by atoms with Crippen molar-refractivity contribution >= 4 is 29.7 Å². The number of nitrogens with two attached hydrogens (primary N) is 2. The van der Waals surface area contributed by atoms with Crippen molar-refractivity contribution in [3.8, 4) is 0 Å². The molecule has 0 heterocycles. The Labute approximate surface area is 47.5 Å². The number of halogens is 1. The second-order valence-corrected chi connectivity index (χ2v) is 0.948. The molecule has 0 aliphatic carbocycles. The SMILES string of the molecule is Cl.NNC(N)=S. The lowest BCUT2D eigenvalue weighted by atomic mass is 11.2. The van der Waals surface area contributed by atoms with Crippen LogP contribution >= 0.6 is 24.6 Å². The van der Waals surface area contributed by atoms with Crippen molar-refractivity contribution in [3.63, 3.8) is 0 Å². The Balaban J connectivity index is 0. The number of hydrogen-bond acceptors (Lipinski definition) is 2. The molecular weight excluding hydrogens is 122 g/mol. The molecule has 0 amide bonds. The van der Waals surface area contributed by atoms with Crippen LogP contribution in [0.4, 0.5) is 0 Å². The molecule has 3 nitrogen and oxygen atoms in total. The van der Waals surface area contributed by atoms with Crippen LogP contribution in [-0.4, -0.2) is 5.11 Å². The number of hydrogen-bond donors (Lipinski definition) is 3. The molecule has 0 aromatic rings. The summed E-state index contributed by atoms with van der Waals surface area (Å²) in [5.41, 5.74) is 6.82. The molecule has 0 spiro atoms.